The largest absolute Gasteiger partial charge is 1.00 e. The molecule has 4 heteroatoms. The molecule has 0 aliphatic carbocycles. The monoisotopic (exact) mass is 318 g/mol. The summed E-state index contributed by atoms with van der Waals surface area (Å²) in [5.41, 5.74) is 2.36. The Morgan fingerprint density at radius 3 is 2.53 bits per heavy atom. The Hall–Kier alpha value is -0.620. The Labute approximate surface area is 107 Å². The molecule has 0 fully saturated rings. The second-order valence-corrected chi connectivity index (χ2v) is 3.82. The van der Waals surface area contributed by atoms with Crippen LogP contribution in [0.2, 0.25) is 0 Å². The van der Waals surface area contributed by atoms with Gasteiger partial charge >= 0.3 is 0 Å². The third-order valence-corrected chi connectivity index (χ3v) is 2.89. The van der Waals surface area contributed by atoms with Gasteiger partial charge in [-0.2, -0.15) is 0 Å². The Morgan fingerprint density at radius 2 is 2.00 bits per heavy atom. The van der Waals surface area contributed by atoms with Crippen LogP contribution in [-0.2, 0) is 4.79 Å². The molecule has 0 spiro atoms. The zero-order chi connectivity index (χ0) is 10.3. The van der Waals surface area contributed by atoms with E-state index in [2.05, 4.69) is 12.1 Å². The second kappa shape index (κ2) is 4.49. The fourth-order valence-corrected chi connectivity index (χ4v) is 2.27. The maximum Gasteiger partial charge on any atom is 0.227 e. The van der Waals surface area contributed by atoms with Crippen molar-refractivity contribution < 1.29 is 33.7 Å². The van der Waals surface area contributed by atoms with Gasteiger partial charge in [0, 0.05) is 20.0 Å². The topological polar surface area (TPSA) is 24.8 Å². The fourth-order valence-electron chi connectivity index (χ4n) is 2.27. The standard InChI is InChI=1S/C11H14N2O.HI/c1-8(14)11-12(2)9-6-4-5-7-10(9)13(11)3;/h4-7,11H,1-3H3;1H. The molecule has 0 bridgehead atoms. The van der Waals surface area contributed by atoms with Crippen molar-refractivity contribution in [1.29, 1.82) is 0 Å². The number of fused-ring (bicyclic) bond motifs is 1. The quantitative estimate of drug-likeness (QED) is 0.566. The first-order chi connectivity index (χ1) is 6.63. The van der Waals surface area contributed by atoms with Crippen LogP contribution >= 0.6 is 0 Å². The number of nitrogens with one attached hydrogen (secondary N) is 1. The summed E-state index contributed by atoms with van der Waals surface area (Å²) in [4.78, 5) is 14.7. The molecule has 82 valence electrons. The van der Waals surface area contributed by atoms with Gasteiger partial charge in [-0.25, -0.2) is 0 Å². The van der Waals surface area contributed by atoms with Crippen molar-refractivity contribution in [3.63, 3.8) is 0 Å². The molecule has 1 aliphatic heterocycles. The zero-order valence-corrected chi connectivity index (χ0v) is 11.3. The number of likely N-dealkylation sites (N-methyl/N-ethyl adjacent to an activating group) is 2. The third-order valence-electron chi connectivity index (χ3n) is 2.89. The lowest BCUT2D eigenvalue weighted by atomic mass is 10.3. The number of rotatable bonds is 1. The molecule has 1 aliphatic rings. The Kier molecular flexibility index (Phi) is 3.72. The van der Waals surface area contributed by atoms with Gasteiger partial charge in [0.2, 0.25) is 11.9 Å². The van der Waals surface area contributed by atoms with E-state index in [1.165, 1.54) is 5.69 Å². The van der Waals surface area contributed by atoms with Crippen molar-refractivity contribution in [3.05, 3.63) is 24.3 Å². The number of nitrogens with zero attached hydrogens (tertiary/aromatic N) is 1. The van der Waals surface area contributed by atoms with E-state index in [4.69, 9.17) is 0 Å². The molecule has 2 unspecified atom stereocenters. The lowest BCUT2D eigenvalue weighted by Gasteiger charge is -2.19. The van der Waals surface area contributed by atoms with Crippen LogP contribution in [0.4, 0.5) is 11.4 Å². The summed E-state index contributed by atoms with van der Waals surface area (Å²) in [5, 5.41) is 0. The van der Waals surface area contributed by atoms with Crippen LogP contribution in [0.3, 0.4) is 0 Å². The molecule has 3 nitrogen and oxygen atoms in total. The molecule has 1 aromatic rings. The SMILES string of the molecule is CC(=O)C1N(C)c2ccccc2[NH+]1C.[I-]. The van der Waals surface area contributed by atoms with Crippen molar-refractivity contribution in [2.45, 2.75) is 13.1 Å². The van der Waals surface area contributed by atoms with Gasteiger partial charge in [0.15, 0.2) is 5.69 Å². The average Bonchev–Trinajstić information content (AvgIpc) is 2.41. The molecule has 1 N–H and O–H groups in total. The number of carbonyl (C=O) groups is 1. The van der Waals surface area contributed by atoms with Gasteiger partial charge in [-0.1, -0.05) is 12.1 Å². The number of halogens is 1. The molecule has 0 amide bonds. The normalized spacial score (nSPS) is 23.3. The van der Waals surface area contributed by atoms with Gasteiger partial charge in [-0.3, -0.25) is 9.69 Å². The average molecular weight is 318 g/mol. The lowest BCUT2D eigenvalue weighted by molar-refractivity contribution is -0.820. The highest BCUT2D eigenvalue weighted by atomic mass is 127. The van der Waals surface area contributed by atoms with Crippen LogP contribution in [0.15, 0.2) is 24.3 Å². The first kappa shape index (κ1) is 12.4. The van der Waals surface area contributed by atoms with E-state index in [0.29, 0.717) is 0 Å². The van der Waals surface area contributed by atoms with Crippen molar-refractivity contribution in [2.24, 2.45) is 0 Å². The van der Waals surface area contributed by atoms with Crippen molar-refractivity contribution in [3.8, 4) is 0 Å². The van der Waals surface area contributed by atoms with E-state index in [9.17, 15) is 4.79 Å². The molecule has 2 atom stereocenters. The maximum atomic E-state index is 11.5. The van der Waals surface area contributed by atoms with Crippen LogP contribution in [0.5, 0.6) is 0 Å². The number of Topliss-reactive ketones (excluding diaryl/α,β-unsaturated/α-hetero) is 1. The van der Waals surface area contributed by atoms with Gasteiger partial charge in [-0.05, 0) is 6.07 Å². The first-order valence-electron chi connectivity index (χ1n) is 4.79. The molecule has 1 aromatic carbocycles. The highest BCUT2D eigenvalue weighted by Gasteiger charge is 2.38. The van der Waals surface area contributed by atoms with E-state index in [-0.39, 0.29) is 35.9 Å². The minimum Gasteiger partial charge on any atom is -1.00 e. The number of anilines is 1. The Morgan fingerprint density at radius 1 is 1.40 bits per heavy atom. The summed E-state index contributed by atoms with van der Waals surface area (Å²) >= 11 is 0. The number of benzene rings is 1. The maximum absolute atomic E-state index is 11.5. The number of ketones is 1. The molecule has 0 aromatic heterocycles. The number of quaternary nitrogens is 1. The summed E-state index contributed by atoms with van der Waals surface area (Å²) < 4.78 is 0. The molecule has 15 heavy (non-hydrogen) atoms. The smallest absolute Gasteiger partial charge is 0.227 e. The van der Waals surface area contributed by atoms with E-state index in [1.54, 1.807) is 6.92 Å². The summed E-state index contributed by atoms with van der Waals surface area (Å²) in [7, 11) is 4.01. The highest BCUT2D eigenvalue weighted by Crippen LogP contribution is 2.26. The molecule has 1 heterocycles. The van der Waals surface area contributed by atoms with Crippen LogP contribution in [0.25, 0.3) is 0 Å². The Bertz CT molecular complexity index is 352. The number of carbonyl (C=O) groups excluding carboxylic acids is 1. The zero-order valence-electron chi connectivity index (χ0n) is 9.12. The molecule has 0 saturated heterocycles. The highest BCUT2D eigenvalue weighted by molar-refractivity contribution is 5.86. The second-order valence-electron chi connectivity index (χ2n) is 3.82. The summed E-state index contributed by atoms with van der Waals surface area (Å²) in [6.45, 7) is 1.65. The van der Waals surface area contributed by atoms with Crippen molar-refractivity contribution in [1.82, 2.24) is 0 Å². The van der Waals surface area contributed by atoms with Gasteiger partial charge in [0.05, 0.1) is 7.05 Å². The summed E-state index contributed by atoms with van der Waals surface area (Å²) in [5.74, 6) is 0.209. The Balaban J connectivity index is 0.00000112. The van der Waals surface area contributed by atoms with Crippen LogP contribution < -0.4 is 33.8 Å². The minimum absolute atomic E-state index is 0. The molecular formula is C11H15IN2O. The lowest BCUT2D eigenvalue weighted by Crippen LogP contribution is -3.09. The minimum atomic E-state index is -0.0626. The van der Waals surface area contributed by atoms with Crippen LogP contribution in [0.1, 0.15) is 6.92 Å². The van der Waals surface area contributed by atoms with E-state index in [0.717, 1.165) is 10.6 Å². The molecule has 0 radical (unpaired) electrons. The number of hydrogen-bond donors (Lipinski definition) is 1. The summed E-state index contributed by atoms with van der Waals surface area (Å²) in [6.07, 6.45) is -0.0626. The van der Waals surface area contributed by atoms with E-state index >= 15 is 0 Å². The third kappa shape index (κ3) is 1.88. The van der Waals surface area contributed by atoms with E-state index < -0.39 is 0 Å². The van der Waals surface area contributed by atoms with Crippen molar-refractivity contribution in [2.75, 3.05) is 19.0 Å². The van der Waals surface area contributed by atoms with Crippen molar-refractivity contribution >= 4 is 17.2 Å². The van der Waals surface area contributed by atoms with Gasteiger partial charge in [0.25, 0.3) is 0 Å². The fraction of sp³-hybridized carbons (Fsp3) is 0.364. The molecular weight excluding hydrogens is 303 g/mol. The van der Waals surface area contributed by atoms with E-state index in [1.807, 2.05) is 31.1 Å². The van der Waals surface area contributed by atoms with Gasteiger partial charge < -0.3 is 28.9 Å². The number of para-hydroxylation sites is 2. The van der Waals surface area contributed by atoms with Crippen LogP contribution in [-0.4, -0.2) is 26.0 Å². The molecule has 2 rings (SSSR count). The summed E-state index contributed by atoms with van der Waals surface area (Å²) in [6, 6.07) is 8.15. The molecule has 0 saturated carbocycles. The predicted octanol–water partition coefficient (Wildman–Crippen LogP) is -2.80. The first-order valence-corrected chi connectivity index (χ1v) is 4.79. The predicted molar refractivity (Wildman–Crippen MR) is 55.9 cm³/mol. The van der Waals surface area contributed by atoms with Crippen LogP contribution in [0, 0.1) is 0 Å². The van der Waals surface area contributed by atoms with Gasteiger partial charge in [-0.15, -0.1) is 0 Å². The van der Waals surface area contributed by atoms with Gasteiger partial charge in [0.1, 0.15) is 5.69 Å². The number of hydrogen-bond acceptors (Lipinski definition) is 2.